The fraction of sp³-hybridized carbons (Fsp3) is 0.118. The van der Waals surface area contributed by atoms with E-state index in [-0.39, 0.29) is 0 Å². The number of fused-ring (bicyclic) bond motifs is 2. The molecule has 0 N–H and O–H groups in total. The zero-order valence-electron chi connectivity index (χ0n) is 10.9. The van der Waals surface area contributed by atoms with Crippen LogP contribution in [0.3, 0.4) is 0 Å². The van der Waals surface area contributed by atoms with Gasteiger partial charge in [0, 0.05) is 18.7 Å². The van der Waals surface area contributed by atoms with Gasteiger partial charge in [0.2, 0.25) is 0 Å². The monoisotopic (exact) mass is 261 g/mol. The summed E-state index contributed by atoms with van der Waals surface area (Å²) in [6.07, 6.45) is 2.78. The molecule has 0 saturated carbocycles. The summed E-state index contributed by atoms with van der Waals surface area (Å²) in [5.41, 5.74) is 0. The van der Waals surface area contributed by atoms with Crippen LogP contribution in [-0.4, -0.2) is 17.9 Å². The predicted molar refractivity (Wildman–Crippen MR) is 80.7 cm³/mol. The van der Waals surface area contributed by atoms with Crippen molar-refractivity contribution in [2.24, 2.45) is 5.10 Å². The number of rotatable bonds is 2. The molecular weight excluding hydrogens is 248 g/mol. The van der Waals surface area contributed by atoms with Gasteiger partial charge in [0.15, 0.2) is 5.75 Å². The SMILES string of the molecule is [c]1c(ON2CCC=N2)ccc2cc3ccccc3cc12. The van der Waals surface area contributed by atoms with E-state index in [1.807, 2.05) is 18.3 Å². The van der Waals surface area contributed by atoms with E-state index in [1.54, 1.807) is 5.17 Å². The summed E-state index contributed by atoms with van der Waals surface area (Å²) < 4.78 is 0. The van der Waals surface area contributed by atoms with Gasteiger partial charge in [-0.15, -0.1) is 5.17 Å². The molecule has 4 rings (SSSR count). The van der Waals surface area contributed by atoms with E-state index in [2.05, 4.69) is 47.6 Å². The first kappa shape index (κ1) is 11.3. The van der Waals surface area contributed by atoms with Crippen molar-refractivity contribution in [1.82, 2.24) is 5.17 Å². The third-order valence-electron chi connectivity index (χ3n) is 3.45. The molecule has 3 heteroatoms. The second-order valence-corrected chi connectivity index (χ2v) is 4.86. The Hall–Kier alpha value is -2.55. The van der Waals surface area contributed by atoms with Crippen LogP contribution in [0.15, 0.2) is 53.6 Å². The third-order valence-corrected chi connectivity index (χ3v) is 3.45. The average molecular weight is 261 g/mol. The third kappa shape index (κ3) is 1.97. The number of benzene rings is 3. The Balaban J connectivity index is 1.77. The van der Waals surface area contributed by atoms with Crippen molar-refractivity contribution in [3.8, 4) is 5.75 Å². The maximum atomic E-state index is 5.68. The number of hydrogen-bond acceptors (Lipinski definition) is 3. The lowest BCUT2D eigenvalue weighted by atomic mass is 10.0. The van der Waals surface area contributed by atoms with Crippen molar-refractivity contribution in [3.05, 3.63) is 54.6 Å². The molecule has 1 radical (unpaired) electrons. The van der Waals surface area contributed by atoms with Gasteiger partial charge < -0.3 is 4.84 Å². The Labute approximate surface area is 117 Å². The van der Waals surface area contributed by atoms with Crippen LogP contribution in [0.1, 0.15) is 6.42 Å². The van der Waals surface area contributed by atoms with Gasteiger partial charge in [0.05, 0.1) is 6.54 Å². The highest BCUT2D eigenvalue weighted by atomic mass is 16.7. The highest BCUT2D eigenvalue weighted by Gasteiger charge is 2.08. The molecule has 1 heterocycles. The van der Waals surface area contributed by atoms with E-state index in [1.165, 1.54) is 16.2 Å². The topological polar surface area (TPSA) is 24.8 Å². The Kier molecular flexibility index (Phi) is 2.56. The summed E-state index contributed by atoms with van der Waals surface area (Å²) in [6, 6.07) is 20.0. The molecule has 3 nitrogen and oxygen atoms in total. The van der Waals surface area contributed by atoms with Crippen molar-refractivity contribution in [2.75, 3.05) is 6.54 Å². The number of hydroxylamine groups is 1. The van der Waals surface area contributed by atoms with Gasteiger partial charge >= 0.3 is 0 Å². The largest absolute Gasteiger partial charge is 0.362 e. The summed E-state index contributed by atoms with van der Waals surface area (Å²) >= 11 is 0. The molecule has 0 aliphatic carbocycles. The van der Waals surface area contributed by atoms with Crippen molar-refractivity contribution in [2.45, 2.75) is 6.42 Å². The quantitative estimate of drug-likeness (QED) is 0.656. The lowest BCUT2D eigenvalue weighted by Crippen LogP contribution is -2.18. The molecule has 0 bridgehead atoms. The van der Waals surface area contributed by atoms with Gasteiger partial charge in [-0.1, -0.05) is 30.3 Å². The van der Waals surface area contributed by atoms with Crippen molar-refractivity contribution >= 4 is 27.8 Å². The van der Waals surface area contributed by atoms with Crippen molar-refractivity contribution in [1.29, 1.82) is 0 Å². The van der Waals surface area contributed by atoms with Crippen LogP contribution in [0, 0.1) is 6.07 Å². The van der Waals surface area contributed by atoms with Crippen LogP contribution in [0.2, 0.25) is 0 Å². The Bertz CT molecular complexity index is 810. The minimum atomic E-state index is 0.701. The fourth-order valence-corrected chi connectivity index (χ4v) is 2.45. The molecular formula is C17H13N2O. The Morgan fingerprint density at radius 3 is 2.65 bits per heavy atom. The first-order valence-corrected chi connectivity index (χ1v) is 6.71. The fourth-order valence-electron chi connectivity index (χ4n) is 2.45. The van der Waals surface area contributed by atoms with Gasteiger partial charge in [-0.3, -0.25) is 0 Å². The van der Waals surface area contributed by atoms with Crippen LogP contribution in [0.25, 0.3) is 21.5 Å². The van der Waals surface area contributed by atoms with Crippen LogP contribution < -0.4 is 4.84 Å². The molecule has 97 valence electrons. The average Bonchev–Trinajstić information content (AvgIpc) is 2.98. The maximum absolute atomic E-state index is 5.68. The molecule has 1 aliphatic heterocycles. The minimum Gasteiger partial charge on any atom is -0.362 e. The second kappa shape index (κ2) is 4.53. The first-order valence-electron chi connectivity index (χ1n) is 6.71. The van der Waals surface area contributed by atoms with Gasteiger partial charge in [0.1, 0.15) is 0 Å². The first-order chi connectivity index (χ1) is 9.88. The highest BCUT2D eigenvalue weighted by Crippen LogP contribution is 2.26. The van der Waals surface area contributed by atoms with E-state index in [9.17, 15) is 0 Å². The van der Waals surface area contributed by atoms with E-state index < -0.39 is 0 Å². The molecule has 3 aromatic rings. The molecule has 3 aromatic carbocycles. The summed E-state index contributed by atoms with van der Waals surface area (Å²) in [4.78, 5) is 5.68. The molecule has 1 aliphatic rings. The Morgan fingerprint density at radius 1 is 1.00 bits per heavy atom. The summed E-state index contributed by atoms with van der Waals surface area (Å²) in [6.45, 7) is 0.795. The van der Waals surface area contributed by atoms with Crippen LogP contribution in [-0.2, 0) is 0 Å². The molecule has 0 atom stereocenters. The minimum absolute atomic E-state index is 0.701. The van der Waals surface area contributed by atoms with Gasteiger partial charge in [-0.05, 0) is 39.7 Å². The lowest BCUT2D eigenvalue weighted by Gasteiger charge is -2.14. The van der Waals surface area contributed by atoms with Crippen LogP contribution in [0.4, 0.5) is 0 Å². The number of hydrogen-bond donors (Lipinski definition) is 0. The van der Waals surface area contributed by atoms with Crippen molar-refractivity contribution in [3.63, 3.8) is 0 Å². The smallest absolute Gasteiger partial charge is 0.166 e. The van der Waals surface area contributed by atoms with Gasteiger partial charge in [-0.2, -0.15) is 5.10 Å². The van der Waals surface area contributed by atoms with E-state index >= 15 is 0 Å². The number of nitrogens with zero attached hydrogens (tertiary/aromatic N) is 2. The van der Waals surface area contributed by atoms with Gasteiger partial charge in [0.25, 0.3) is 0 Å². The highest BCUT2D eigenvalue weighted by molar-refractivity contribution is 5.98. The summed E-state index contributed by atoms with van der Waals surface area (Å²) in [5, 5.41) is 10.4. The normalized spacial score (nSPS) is 14.3. The molecule has 20 heavy (non-hydrogen) atoms. The second-order valence-electron chi connectivity index (χ2n) is 4.86. The van der Waals surface area contributed by atoms with E-state index in [4.69, 9.17) is 4.84 Å². The molecule has 0 fully saturated rings. The Morgan fingerprint density at radius 2 is 1.85 bits per heavy atom. The van der Waals surface area contributed by atoms with Crippen LogP contribution >= 0.6 is 0 Å². The van der Waals surface area contributed by atoms with E-state index in [0.29, 0.717) is 5.75 Å². The molecule has 0 spiro atoms. The predicted octanol–water partition coefficient (Wildman–Crippen LogP) is 3.78. The van der Waals surface area contributed by atoms with Crippen LogP contribution in [0.5, 0.6) is 5.75 Å². The zero-order chi connectivity index (χ0) is 13.4. The van der Waals surface area contributed by atoms with Gasteiger partial charge in [-0.25, -0.2) is 0 Å². The molecule has 0 unspecified atom stereocenters. The molecule has 0 saturated heterocycles. The van der Waals surface area contributed by atoms with E-state index in [0.717, 1.165) is 18.4 Å². The maximum Gasteiger partial charge on any atom is 0.166 e. The molecule has 0 aromatic heterocycles. The lowest BCUT2D eigenvalue weighted by molar-refractivity contribution is -0.0457. The van der Waals surface area contributed by atoms with Crippen molar-refractivity contribution < 1.29 is 4.84 Å². The molecule has 0 amide bonds. The number of hydrazone groups is 1. The summed E-state index contributed by atoms with van der Waals surface area (Å²) in [7, 11) is 0. The zero-order valence-corrected chi connectivity index (χ0v) is 10.9. The summed E-state index contributed by atoms with van der Waals surface area (Å²) in [5.74, 6) is 0.701. The standard InChI is InChI=1S/C17H13N2O/c1-2-5-14-11-16-12-17(20-19-9-3-8-18-19)7-6-15(16)10-13(14)4-1/h1-2,4-8,10-11H,3,9H2.